The van der Waals surface area contributed by atoms with Crippen LogP contribution in [0.25, 0.3) is 0 Å². The molecule has 2 unspecified atom stereocenters. The van der Waals surface area contributed by atoms with Crippen LogP contribution in [0.3, 0.4) is 0 Å². The van der Waals surface area contributed by atoms with Crippen molar-refractivity contribution in [2.75, 3.05) is 13.1 Å². The molecule has 1 N–H and O–H groups in total. The summed E-state index contributed by atoms with van der Waals surface area (Å²) in [7, 11) is 0. The number of guanidine groups is 1. The van der Waals surface area contributed by atoms with Gasteiger partial charge in [-0.1, -0.05) is 13.8 Å². The van der Waals surface area contributed by atoms with Crippen molar-refractivity contribution in [3.63, 3.8) is 0 Å². The van der Waals surface area contributed by atoms with Gasteiger partial charge in [-0.15, -0.1) is 0 Å². The van der Waals surface area contributed by atoms with Gasteiger partial charge in [0, 0.05) is 18.6 Å². The highest BCUT2D eigenvalue weighted by Crippen LogP contribution is 2.20. The van der Waals surface area contributed by atoms with Crippen molar-refractivity contribution in [1.82, 2.24) is 10.2 Å². The Balaban J connectivity index is 2.08. The van der Waals surface area contributed by atoms with Gasteiger partial charge in [-0.25, -0.2) is 0 Å². The third-order valence-electron chi connectivity index (χ3n) is 3.17. The second-order valence-electron chi connectivity index (χ2n) is 3.95. The van der Waals surface area contributed by atoms with E-state index in [9.17, 15) is 0 Å². The molecule has 2 atom stereocenters. The van der Waals surface area contributed by atoms with E-state index in [1.807, 2.05) is 0 Å². The van der Waals surface area contributed by atoms with Crippen LogP contribution in [0.2, 0.25) is 0 Å². The molecule has 1 saturated heterocycles. The molecular formula is C10H19N3. The molecule has 0 aromatic rings. The first kappa shape index (κ1) is 8.85. The van der Waals surface area contributed by atoms with Crippen LogP contribution in [0.4, 0.5) is 0 Å². The van der Waals surface area contributed by atoms with E-state index in [2.05, 4.69) is 29.1 Å². The lowest BCUT2D eigenvalue weighted by molar-refractivity contribution is 0.243. The molecule has 2 aliphatic heterocycles. The first-order chi connectivity index (χ1) is 6.35. The topological polar surface area (TPSA) is 27.6 Å². The van der Waals surface area contributed by atoms with Crippen LogP contribution in [-0.4, -0.2) is 36.0 Å². The van der Waals surface area contributed by atoms with Crippen molar-refractivity contribution in [3.05, 3.63) is 0 Å². The molecule has 0 aromatic carbocycles. The van der Waals surface area contributed by atoms with E-state index in [1.54, 1.807) is 0 Å². The van der Waals surface area contributed by atoms with Crippen molar-refractivity contribution in [3.8, 4) is 0 Å². The fourth-order valence-corrected chi connectivity index (χ4v) is 2.30. The van der Waals surface area contributed by atoms with E-state index in [0.29, 0.717) is 6.04 Å². The number of hydrogen-bond donors (Lipinski definition) is 1. The van der Waals surface area contributed by atoms with Crippen LogP contribution < -0.4 is 5.32 Å². The minimum Gasteiger partial charge on any atom is -0.353 e. The lowest BCUT2D eigenvalue weighted by Crippen LogP contribution is -2.55. The molecule has 0 radical (unpaired) electrons. The maximum atomic E-state index is 4.49. The van der Waals surface area contributed by atoms with Crippen molar-refractivity contribution < 1.29 is 0 Å². The van der Waals surface area contributed by atoms with Crippen LogP contribution in [0, 0.1) is 0 Å². The van der Waals surface area contributed by atoms with Crippen LogP contribution in [0.1, 0.15) is 33.1 Å². The molecule has 0 saturated carbocycles. The maximum absolute atomic E-state index is 4.49. The standard InChI is InChI=1S/C10H19N3/c1-3-8-7-9(4-2)13-6-5-11-10(13)12-8/h8-9H,3-7H2,1-2H3,(H,11,12). The van der Waals surface area contributed by atoms with Gasteiger partial charge < -0.3 is 10.2 Å². The zero-order chi connectivity index (χ0) is 9.26. The smallest absolute Gasteiger partial charge is 0.194 e. The highest BCUT2D eigenvalue weighted by atomic mass is 15.4. The number of nitrogens with one attached hydrogen (secondary N) is 1. The Morgan fingerprint density at radius 2 is 2.31 bits per heavy atom. The third kappa shape index (κ3) is 1.52. The fraction of sp³-hybridized carbons (Fsp3) is 0.900. The molecule has 1 fully saturated rings. The monoisotopic (exact) mass is 181 g/mol. The van der Waals surface area contributed by atoms with Gasteiger partial charge in [0.2, 0.25) is 0 Å². The van der Waals surface area contributed by atoms with Crippen molar-refractivity contribution in [2.45, 2.75) is 45.2 Å². The number of fused-ring (bicyclic) bond motifs is 1. The second-order valence-corrected chi connectivity index (χ2v) is 3.95. The summed E-state index contributed by atoms with van der Waals surface area (Å²) in [5.74, 6) is 1.16. The summed E-state index contributed by atoms with van der Waals surface area (Å²) in [6, 6.07) is 1.38. The minimum absolute atomic E-state index is 0.651. The Morgan fingerprint density at radius 1 is 1.46 bits per heavy atom. The summed E-state index contributed by atoms with van der Waals surface area (Å²) in [6.07, 6.45) is 3.74. The Bertz CT molecular complexity index is 212. The number of hydrogen-bond acceptors (Lipinski definition) is 3. The molecule has 0 aromatic heterocycles. The predicted octanol–water partition coefficient (Wildman–Crippen LogP) is 1.21. The molecule has 0 spiro atoms. The van der Waals surface area contributed by atoms with Gasteiger partial charge in [0.25, 0.3) is 0 Å². The summed E-state index contributed by atoms with van der Waals surface area (Å²) < 4.78 is 0. The Kier molecular flexibility index (Phi) is 2.42. The van der Waals surface area contributed by atoms with Crippen molar-refractivity contribution >= 4 is 5.96 Å². The summed E-state index contributed by atoms with van der Waals surface area (Å²) in [5, 5.41) is 3.51. The first-order valence-corrected chi connectivity index (χ1v) is 5.42. The lowest BCUT2D eigenvalue weighted by atomic mass is 9.99. The molecular weight excluding hydrogens is 162 g/mol. The van der Waals surface area contributed by atoms with Crippen molar-refractivity contribution in [1.29, 1.82) is 0 Å². The number of nitrogens with zero attached hydrogens (tertiary/aromatic N) is 2. The van der Waals surface area contributed by atoms with Gasteiger partial charge >= 0.3 is 0 Å². The first-order valence-electron chi connectivity index (χ1n) is 5.42. The Morgan fingerprint density at radius 3 is 3.00 bits per heavy atom. The van der Waals surface area contributed by atoms with E-state index in [4.69, 9.17) is 0 Å². The quantitative estimate of drug-likeness (QED) is 0.693. The lowest BCUT2D eigenvalue weighted by Gasteiger charge is -2.39. The Labute approximate surface area is 80.2 Å². The van der Waals surface area contributed by atoms with Gasteiger partial charge in [0.15, 0.2) is 5.96 Å². The highest BCUT2D eigenvalue weighted by molar-refractivity contribution is 5.82. The normalized spacial score (nSPS) is 32.5. The van der Waals surface area contributed by atoms with E-state index in [1.165, 1.54) is 19.3 Å². The van der Waals surface area contributed by atoms with Gasteiger partial charge in [0.05, 0.1) is 6.54 Å². The minimum atomic E-state index is 0.651. The van der Waals surface area contributed by atoms with Crippen LogP contribution in [-0.2, 0) is 0 Å². The zero-order valence-electron chi connectivity index (χ0n) is 8.58. The van der Waals surface area contributed by atoms with Crippen LogP contribution in [0.15, 0.2) is 4.99 Å². The molecule has 0 bridgehead atoms. The molecule has 2 heterocycles. The average Bonchev–Trinajstić information content (AvgIpc) is 2.63. The van der Waals surface area contributed by atoms with Gasteiger partial charge in [-0.05, 0) is 19.3 Å². The van der Waals surface area contributed by atoms with E-state index < -0.39 is 0 Å². The number of rotatable bonds is 2. The highest BCUT2D eigenvalue weighted by Gasteiger charge is 2.31. The number of aliphatic imine (C=N–C) groups is 1. The summed E-state index contributed by atoms with van der Waals surface area (Å²) >= 11 is 0. The van der Waals surface area contributed by atoms with E-state index in [0.717, 1.165) is 25.1 Å². The average molecular weight is 181 g/mol. The molecule has 3 heteroatoms. The zero-order valence-corrected chi connectivity index (χ0v) is 8.58. The van der Waals surface area contributed by atoms with Gasteiger partial charge in [-0.2, -0.15) is 0 Å². The van der Waals surface area contributed by atoms with Gasteiger partial charge in [-0.3, -0.25) is 4.99 Å². The predicted molar refractivity (Wildman–Crippen MR) is 54.9 cm³/mol. The van der Waals surface area contributed by atoms with Crippen LogP contribution in [0.5, 0.6) is 0 Å². The molecule has 0 aliphatic carbocycles. The summed E-state index contributed by atoms with van der Waals surface area (Å²) in [4.78, 5) is 6.92. The maximum Gasteiger partial charge on any atom is 0.194 e. The molecule has 3 nitrogen and oxygen atoms in total. The molecule has 0 amide bonds. The molecule has 13 heavy (non-hydrogen) atoms. The second kappa shape index (κ2) is 3.56. The third-order valence-corrected chi connectivity index (χ3v) is 3.17. The Hall–Kier alpha value is -0.730. The molecule has 2 aliphatic rings. The summed E-state index contributed by atoms with van der Waals surface area (Å²) in [6.45, 7) is 6.63. The summed E-state index contributed by atoms with van der Waals surface area (Å²) in [5.41, 5.74) is 0. The molecule has 74 valence electrons. The molecule has 2 rings (SSSR count). The van der Waals surface area contributed by atoms with Crippen molar-refractivity contribution in [2.24, 2.45) is 4.99 Å². The van der Waals surface area contributed by atoms with Crippen LogP contribution >= 0.6 is 0 Å². The van der Waals surface area contributed by atoms with E-state index in [-0.39, 0.29) is 0 Å². The largest absolute Gasteiger partial charge is 0.353 e. The van der Waals surface area contributed by atoms with Gasteiger partial charge in [0.1, 0.15) is 0 Å². The fourth-order valence-electron chi connectivity index (χ4n) is 2.30. The van der Waals surface area contributed by atoms with E-state index >= 15 is 0 Å². The SMILES string of the molecule is CCC1CC(CC)N2CCN=C2N1.